The summed E-state index contributed by atoms with van der Waals surface area (Å²) in [6.07, 6.45) is 0. The lowest BCUT2D eigenvalue weighted by Crippen LogP contribution is -2.36. The summed E-state index contributed by atoms with van der Waals surface area (Å²) in [5, 5.41) is 9.81. The zero-order chi connectivity index (χ0) is 13.5. The first-order valence-electron chi connectivity index (χ1n) is 5.81. The minimum atomic E-state index is -0.772. The highest BCUT2D eigenvalue weighted by atomic mass is 16.4. The van der Waals surface area contributed by atoms with E-state index in [4.69, 9.17) is 4.42 Å². The Morgan fingerprint density at radius 1 is 1.44 bits per heavy atom. The zero-order valence-corrected chi connectivity index (χ0v) is 11.1. The topological polar surface area (TPSA) is 58.6 Å². The first kappa shape index (κ1) is 12.7. The quantitative estimate of drug-likeness (QED) is 0.893. The molecule has 2 rings (SSSR count). The summed E-state index contributed by atoms with van der Waals surface area (Å²) in [6, 6.07) is 5.52. The number of hydrogen-bond donors (Lipinski definition) is 1. The number of hydrogen-bond acceptors (Lipinski definition) is 4. The van der Waals surface area contributed by atoms with Crippen LogP contribution in [0.5, 0.6) is 0 Å². The minimum absolute atomic E-state index is 0.368. The molecule has 0 unspecified atom stereocenters. The molecule has 0 saturated heterocycles. The predicted octanol–water partition coefficient (Wildman–Crippen LogP) is 1.34. The third-order valence-corrected chi connectivity index (χ3v) is 2.84. The van der Waals surface area contributed by atoms with Crippen molar-refractivity contribution in [2.24, 2.45) is 7.05 Å². The summed E-state index contributed by atoms with van der Waals surface area (Å²) in [4.78, 5) is 13.3. The number of nitrogens with zero attached hydrogens (tertiary/aromatic N) is 2. The van der Waals surface area contributed by atoms with Crippen molar-refractivity contribution in [2.75, 3.05) is 18.5 Å². The summed E-state index contributed by atoms with van der Waals surface area (Å²) in [6.45, 7) is 4.02. The van der Waals surface area contributed by atoms with E-state index in [1.807, 2.05) is 24.1 Å². The van der Waals surface area contributed by atoms with Crippen molar-refractivity contribution in [1.29, 1.82) is 0 Å². The molecule has 2 aromatic rings. The van der Waals surface area contributed by atoms with Crippen LogP contribution in [0.3, 0.4) is 0 Å². The van der Waals surface area contributed by atoms with E-state index in [1.165, 1.54) is 4.57 Å². The Morgan fingerprint density at radius 2 is 2.11 bits per heavy atom. The van der Waals surface area contributed by atoms with Gasteiger partial charge in [0.05, 0.1) is 11.1 Å². The van der Waals surface area contributed by atoms with Gasteiger partial charge in [-0.25, -0.2) is 4.79 Å². The van der Waals surface area contributed by atoms with Gasteiger partial charge in [-0.15, -0.1) is 0 Å². The smallest absolute Gasteiger partial charge is 0.408 e. The van der Waals surface area contributed by atoms with Crippen LogP contribution in [-0.2, 0) is 7.05 Å². The van der Waals surface area contributed by atoms with Gasteiger partial charge in [-0.05, 0) is 32.0 Å². The molecule has 0 aliphatic heterocycles. The average molecular weight is 250 g/mol. The fraction of sp³-hybridized carbons (Fsp3) is 0.462. The van der Waals surface area contributed by atoms with Crippen LogP contribution in [0.2, 0.25) is 0 Å². The molecule has 1 N–H and O–H groups in total. The van der Waals surface area contributed by atoms with E-state index in [0.29, 0.717) is 12.1 Å². The largest absolute Gasteiger partial charge is 0.419 e. The van der Waals surface area contributed by atoms with Gasteiger partial charge in [0.25, 0.3) is 0 Å². The first-order chi connectivity index (χ1) is 8.28. The van der Waals surface area contributed by atoms with Gasteiger partial charge in [0.2, 0.25) is 0 Å². The van der Waals surface area contributed by atoms with Crippen LogP contribution in [0.4, 0.5) is 5.69 Å². The second-order valence-electron chi connectivity index (χ2n) is 5.25. The van der Waals surface area contributed by atoms with Crippen molar-refractivity contribution < 1.29 is 9.52 Å². The van der Waals surface area contributed by atoms with E-state index in [9.17, 15) is 9.90 Å². The number of oxazole rings is 1. The highest BCUT2D eigenvalue weighted by Gasteiger charge is 2.17. The number of likely N-dealkylation sites (N-methyl/N-ethyl adjacent to an activating group) is 1. The number of rotatable bonds is 3. The molecule has 5 heteroatoms. The fourth-order valence-electron chi connectivity index (χ4n) is 2.02. The van der Waals surface area contributed by atoms with Gasteiger partial charge in [-0.2, -0.15) is 0 Å². The van der Waals surface area contributed by atoms with Crippen molar-refractivity contribution in [3.05, 3.63) is 28.7 Å². The maximum Gasteiger partial charge on any atom is 0.419 e. The third kappa shape index (κ3) is 2.41. The van der Waals surface area contributed by atoms with Crippen LogP contribution >= 0.6 is 0 Å². The second-order valence-corrected chi connectivity index (χ2v) is 5.25. The number of aliphatic hydroxyl groups is 1. The molecule has 0 aliphatic carbocycles. The molecular weight excluding hydrogens is 232 g/mol. The molecule has 0 radical (unpaired) electrons. The van der Waals surface area contributed by atoms with E-state index < -0.39 is 5.60 Å². The summed E-state index contributed by atoms with van der Waals surface area (Å²) >= 11 is 0. The molecule has 1 aromatic carbocycles. The Bertz CT molecular complexity index is 619. The Labute approximate surface area is 105 Å². The van der Waals surface area contributed by atoms with Crippen LogP contribution in [-0.4, -0.2) is 28.9 Å². The molecule has 0 saturated carbocycles. The van der Waals surface area contributed by atoms with Gasteiger partial charge in [0.1, 0.15) is 0 Å². The number of anilines is 1. The number of aromatic nitrogens is 1. The van der Waals surface area contributed by atoms with Crippen molar-refractivity contribution in [2.45, 2.75) is 19.4 Å². The van der Waals surface area contributed by atoms with Gasteiger partial charge in [0, 0.05) is 26.3 Å². The zero-order valence-electron chi connectivity index (χ0n) is 11.1. The first-order valence-corrected chi connectivity index (χ1v) is 5.81. The van der Waals surface area contributed by atoms with Crippen LogP contribution in [0.1, 0.15) is 13.8 Å². The van der Waals surface area contributed by atoms with E-state index in [2.05, 4.69) is 0 Å². The summed E-state index contributed by atoms with van der Waals surface area (Å²) < 4.78 is 6.54. The maximum atomic E-state index is 11.4. The van der Waals surface area contributed by atoms with Gasteiger partial charge >= 0.3 is 5.76 Å². The van der Waals surface area contributed by atoms with Gasteiger partial charge < -0.3 is 14.4 Å². The highest BCUT2D eigenvalue weighted by Crippen LogP contribution is 2.21. The molecule has 0 spiro atoms. The molecule has 0 atom stereocenters. The van der Waals surface area contributed by atoms with Crippen LogP contribution < -0.4 is 10.7 Å². The molecule has 0 fully saturated rings. The van der Waals surface area contributed by atoms with E-state index in [0.717, 1.165) is 11.2 Å². The number of benzene rings is 1. The fourth-order valence-corrected chi connectivity index (χ4v) is 2.02. The lowest BCUT2D eigenvalue weighted by Gasteiger charge is -2.27. The summed E-state index contributed by atoms with van der Waals surface area (Å²) in [5.74, 6) is -0.368. The van der Waals surface area contributed by atoms with Gasteiger partial charge in [0.15, 0.2) is 5.58 Å². The molecule has 1 aromatic heterocycles. The normalized spacial score (nSPS) is 12.1. The molecule has 0 bridgehead atoms. The molecule has 0 aliphatic rings. The van der Waals surface area contributed by atoms with Crippen LogP contribution in [0.15, 0.2) is 27.4 Å². The molecule has 98 valence electrons. The van der Waals surface area contributed by atoms with E-state index in [-0.39, 0.29) is 5.76 Å². The Kier molecular flexibility index (Phi) is 2.94. The number of fused-ring (bicyclic) bond motifs is 1. The third-order valence-electron chi connectivity index (χ3n) is 2.84. The standard InChI is InChI=1S/C13H18N2O3/c1-13(2,17)8-14(3)9-5-6-11-10(7-9)15(4)12(16)18-11/h5-7,17H,8H2,1-4H3. The summed E-state index contributed by atoms with van der Waals surface area (Å²) in [7, 11) is 3.57. The number of aryl methyl sites for hydroxylation is 1. The molecule has 18 heavy (non-hydrogen) atoms. The molecule has 5 nitrogen and oxygen atoms in total. The van der Waals surface area contributed by atoms with E-state index in [1.54, 1.807) is 27.0 Å². The Balaban J connectivity index is 2.40. The molecule has 0 amide bonds. The highest BCUT2D eigenvalue weighted by molar-refractivity contribution is 5.77. The Morgan fingerprint density at radius 3 is 2.72 bits per heavy atom. The predicted molar refractivity (Wildman–Crippen MR) is 71.0 cm³/mol. The van der Waals surface area contributed by atoms with E-state index >= 15 is 0 Å². The van der Waals surface area contributed by atoms with Crippen molar-refractivity contribution in [3.8, 4) is 0 Å². The SMILES string of the molecule is CN(CC(C)(C)O)c1ccc2oc(=O)n(C)c2c1. The summed E-state index contributed by atoms with van der Waals surface area (Å²) in [5.41, 5.74) is 1.48. The van der Waals surface area contributed by atoms with Crippen molar-refractivity contribution in [3.63, 3.8) is 0 Å². The monoisotopic (exact) mass is 250 g/mol. The van der Waals surface area contributed by atoms with Gasteiger partial charge in [-0.1, -0.05) is 0 Å². The average Bonchev–Trinajstić information content (AvgIpc) is 2.52. The lowest BCUT2D eigenvalue weighted by molar-refractivity contribution is 0.0886. The molecular formula is C13H18N2O3. The minimum Gasteiger partial charge on any atom is -0.408 e. The Hall–Kier alpha value is -1.75. The van der Waals surface area contributed by atoms with Crippen molar-refractivity contribution >= 4 is 16.8 Å². The van der Waals surface area contributed by atoms with Crippen LogP contribution in [0.25, 0.3) is 11.1 Å². The van der Waals surface area contributed by atoms with Gasteiger partial charge in [-0.3, -0.25) is 4.57 Å². The van der Waals surface area contributed by atoms with Crippen molar-refractivity contribution in [1.82, 2.24) is 4.57 Å². The molecule has 1 heterocycles. The van der Waals surface area contributed by atoms with Crippen LogP contribution in [0, 0.1) is 0 Å². The maximum absolute atomic E-state index is 11.4. The lowest BCUT2D eigenvalue weighted by atomic mass is 10.1. The second kappa shape index (κ2) is 4.17.